The molecule has 0 saturated heterocycles. The zero-order chi connectivity index (χ0) is 18.0. The van der Waals surface area contributed by atoms with Crippen molar-refractivity contribution in [3.8, 4) is 6.07 Å². The number of aromatic nitrogens is 1. The lowest BCUT2D eigenvalue weighted by atomic mass is 10.0. The van der Waals surface area contributed by atoms with Gasteiger partial charge in [-0.15, -0.1) is 0 Å². The lowest BCUT2D eigenvalue weighted by Crippen LogP contribution is -2.01. The SMILES string of the molecule is N#C/C(=C/c1cccc([N+](=O)[O-])c1)C(=O)c1c[nH]c2cc(F)ccc12. The summed E-state index contributed by atoms with van der Waals surface area (Å²) in [5.74, 6) is -0.993. The number of nitro benzene ring substituents is 1. The second-order valence-corrected chi connectivity index (χ2v) is 5.24. The summed E-state index contributed by atoms with van der Waals surface area (Å²) in [7, 11) is 0. The van der Waals surface area contributed by atoms with E-state index in [-0.39, 0.29) is 16.8 Å². The lowest BCUT2D eigenvalue weighted by Gasteiger charge is -1.99. The summed E-state index contributed by atoms with van der Waals surface area (Å²) in [4.78, 5) is 25.7. The summed E-state index contributed by atoms with van der Waals surface area (Å²) in [6.45, 7) is 0. The van der Waals surface area contributed by atoms with Crippen LogP contribution < -0.4 is 0 Å². The highest BCUT2D eigenvalue weighted by molar-refractivity contribution is 6.19. The monoisotopic (exact) mass is 335 g/mol. The third-order valence-corrected chi connectivity index (χ3v) is 3.65. The maximum Gasteiger partial charge on any atom is 0.270 e. The van der Waals surface area contributed by atoms with Crippen molar-refractivity contribution >= 4 is 28.4 Å². The van der Waals surface area contributed by atoms with Crippen molar-refractivity contribution in [3.63, 3.8) is 0 Å². The number of benzene rings is 2. The maximum atomic E-state index is 13.2. The van der Waals surface area contributed by atoms with Gasteiger partial charge in [0, 0.05) is 34.8 Å². The van der Waals surface area contributed by atoms with Gasteiger partial charge in [-0.25, -0.2) is 4.39 Å². The highest BCUT2D eigenvalue weighted by Crippen LogP contribution is 2.23. The Kier molecular flexibility index (Phi) is 4.10. The number of nitro groups is 1. The fourth-order valence-corrected chi connectivity index (χ4v) is 2.47. The van der Waals surface area contributed by atoms with Crippen molar-refractivity contribution < 1.29 is 14.1 Å². The van der Waals surface area contributed by atoms with Crippen molar-refractivity contribution in [2.45, 2.75) is 0 Å². The zero-order valence-electron chi connectivity index (χ0n) is 12.7. The van der Waals surface area contributed by atoms with Crippen LogP contribution >= 0.6 is 0 Å². The number of allylic oxidation sites excluding steroid dienone is 1. The number of ketones is 1. The smallest absolute Gasteiger partial charge is 0.270 e. The molecule has 0 bridgehead atoms. The molecule has 0 saturated carbocycles. The predicted molar refractivity (Wildman–Crippen MR) is 89.3 cm³/mol. The summed E-state index contributed by atoms with van der Waals surface area (Å²) >= 11 is 0. The maximum absolute atomic E-state index is 13.2. The Hall–Kier alpha value is -3.79. The Morgan fingerprint density at radius 3 is 2.80 bits per heavy atom. The van der Waals surface area contributed by atoms with Crippen molar-refractivity contribution in [2.24, 2.45) is 0 Å². The second kappa shape index (κ2) is 6.37. The minimum absolute atomic E-state index is 0.138. The fourth-order valence-electron chi connectivity index (χ4n) is 2.47. The largest absolute Gasteiger partial charge is 0.360 e. The number of hydrogen-bond donors (Lipinski definition) is 1. The van der Waals surface area contributed by atoms with Gasteiger partial charge in [0.15, 0.2) is 0 Å². The molecule has 122 valence electrons. The van der Waals surface area contributed by atoms with Crippen LogP contribution in [0.15, 0.2) is 54.2 Å². The minimum atomic E-state index is -0.556. The number of nitriles is 1. The normalized spacial score (nSPS) is 11.3. The van der Waals surface area contributed by atoms with E-state index in [2.05, 4.69) is 4.98 Å². The lowest BCUT2D eigenvalue weighted by molar-refractivity contribution is -0.384. The molecule has 0 spiro atoms. The third kappa shape index (κ3) is 3.14. The van der Waals surface area contributed by atoms with Crippen LogP contribution in [0.5, 0.6) is 0 Å². The molecule has 0 radical (unpaired) electrons. The van der Waals surface area contributed by atoms with Crippen molar-refractivity contribution in [1.82, 2.24) is 4.98 Å². The number of rotatable bonds is 4. The van der Waals surface area contributed by atoms with Gasteiger partial charge >= 0.3 is 0 Å². The molecule has 25 heavy (non-hydrogen) atoms. The first-order chi connectivity index (χ1) is 12.0. The molecule has 0 atom stereocenters. The van der Waals surface area contributed by atoms with Gasteiger partial charge in [-0.1, -0.05) is 12.1 Å². The topological polar surface area (TPSA) is 99.8 Å². The number of nitrogens with one attached hydrogen (secondary N) is 1. The molecule has 6 nitrogen and oxygen atoms in total. The van der Waals surface area contributed by atoms with Crippen molar-refractivity contribution in [2.75, 3.05) is 0 Å². The highest BCUT2D eigenvalue weighted by Gasteiger charge is 2.17. The van der Waals surface area contributed by atoms with E-state index in [0.717, 1.165) is 0 Å². The van der Waals surface area contributed by atoms with Crippen LogP contribution in [0.25, 0.3) is 17.0 Å². The Balaban J connectivity index is 2.03. The van der Waals surface area contributed by atoms with Crippen molar-refractivity contribution in [1.29, 1.82) is 5.26 Å². The molecule has 0 amide bonds. The van der Waals surface area contributed by atoms with E-state index in [1.54, 1.807) is 6.07 Å². The standard InChI is InChI=1S/C18H10FN3O3/c19-13-4-5-15-16(10-21-17(15)8-13)18(23)12(9-20)6-11-2-1-3-14(7-11)22(24)25/h1-8,10,21H/b12-6-. The molecule has 3 aromatic rings. The van der Waals surface area contributed by atoms with E-state index in [1.807, 2.05) is 6.07 Å². The average Bonchev–Trinajstić information content (AvgIpc) is 3.02. The van der Waals surface area contributed by atoms with E-state index >= 15 is 0 Å². The number of Topliss-reactive ketones (excluding diaryl/α,β-unsaturated/α-hetero) is 1. The highest BCUT2D eigenvalue weighted by atomic mass is 19.1. The molecule has 1 heterocycles. The summed E-state index contributed by atoms with van der Waals surface area (Å²) in [6.07, 6.45) is 2.70. The number of aromatic amines is 1. The number of nitrogens with zero attached hydrogens (tertiary/aromatic N) is 2. The molecule has 0 unspecified atom stereocenters. The molecular weight excluding hydrogens is 325 g/mol. The number of fused-ring (bicyclic) bond motifs is 1. The number of carbonyl (C=O) groups excluding carboxylic acids is 1. The van der Waals surface area contributed by atoms with E-state index in [1.165, 1.54) is 48.7 Å². The number of H-pyrrole nitrogens is 1. The molecule has 1 aromatic heterocycles. The average molecular weight is 335 g/mol. The molecule has 7 heteroatoms. The molecule has 0 aliphatic carbocycles. The second-order valence-electron chi connectivity index (χ2n) is 5.24. The number of halogens is 1. The van der Waals surface area contributed by atoms with Gasteiger partial charge in [0.2, 0.25) is 5.78 Å². The summed E-state index contributed by atoms with van der Waals surface area (Å²) < 4.78 is 13.2. The van der Waals surface area contributed by atoms with Gasteiger partial charge in [-0.05, 0) is 29.8 Å². The first kappa shape index (κ1) is 16.1. The van der Waals surface area contributed by atoms with E-state index in [9.17, 15) is 24.6 Å². The predicted octanol–water partition coefficient (Wildman–Crippen LogP) is 4.01. The number of carbonyl (C=O) groups is 1. The molecule has 0 aliphatic rings. The van der Waals surface area contributed by atoms with Gasteiger partial charge in [-0.2, -0.15) is 5.26 Å². The summed E-state index contributed by atoms with van der Waals surface area (Å²) in [6, 6.07) is 11.4. The van der Waals surface area contributed by atoms with E-state index in [4.69, 9.17) is 0 Å². The quantitative estimate of drug-likeness (QED) is 0.256. The molecular formula is C18H10FN3O3. The Bertz CT molecular complexity index is 1080. The number of non-ortho nitro benzene ring substituents is 1. The van der Waals surface area contributed by atoms with Crippen LogP contribution in [0.2, 0.25) is 0 Å². The van der Waals surface area contributed by atoms with Crippen LogP contribution in [-0.2, 0) is 0 Å². The first-order valence-electron chi connectivity index (χ1n) is 7.17. The third-order valence-electron chi connectivity index (χ3n) is 3.65. The van der Waals surface area contributed by atoms with Crippen LogP contribution in [0.1, 0.15) is 15.9 Å². The summed E-state index contributed by atoms with van der Waals surface area (Å²) in [5, 5.41) is 20.6. The van der Waals surface area contributed by atoms with Crippen LogP contribution in [0, 0.1) is 27.3 Å². The Morgan fingerprint density at radius 1 is 1.28 bits per heavy atom. The van der Waals surface area contributed by atoms with Crippen LogP contribution in [-0.4, -0.2) is 15.7 Å². The van der Waals surface area contributed by atoms with Crippen molar-refractivity contribution in [3.05, 3.63) is 81.3 Å². The zero-order valence-corrected chi connectivity index (χ0v) is 12.7. The van der Waals surface area contributed by atoms with Gasteiger partial charge in [0.25, 0.3) is 5.69 Å². The Labute approximate surface area is 141 Å². The number of hydrogen-bond acceptors (Lipinski definition) is 4. The van der Waals surface area contributed by atoms with Gasteiger partial charge < -0.3 is 4.98 Å². The fraction of sp³-hybridized carbons (Fsp3) is 0. The van der Waals surface area contributed by atoms with E-state index < -0.39 is 16.5 Å². The minimum Gasteiger partial charge on any atom is -0.360 e. The van der Waals surface area contributed by atoms with Crippen LogP contribution in [0.3, 0.4) is 0 Å². The summed E-state index contributed by atoms with van der Waals surface area (Å²) in [5.41, 5.74) is 0.723. The Morgan fingerprint density at radius 2 is 2.08 bits per heavy atom. The molecule has 0 aliphatic heterocycles. The first-order valence-corrected chi connectivity index (χ1v) is 7.17. The van der Waals surface area contributed by atoms with Gasteiger partial charge in [0.1, 0.15) is 17.5 Å². The molecule has 2 aromatic carbocycles. The van der Waals surface area contributed by atoms with E-state index in [0.29, 0.717) is 16.5 Å². The molecule has 0 fully saturated rings. The van der Waals surface area contributed by atoms with Gasteiger partial charge in [-0.3, -0.25) is 14.9 Å². The van der Waals surface area contributed by atoms with Crippen LogP contribution in [0.4, 0.5) is 10.1 Å². The molecule has 3 rings (SSSR count). The molecule has 1 N–H and O–H groups in total. The van der Waals surface area contributed by atoms with Gasteiger partial charge in [0.05, 0.1) is 4.92 Å².